The Bertz CT molecular complexity index is 2300. The Morgan fingerprint density at radius 2 is 1.60 bits per heavy atom. The highest BCUT2D eigenvalue weighted by Gasteiger charge is 2.38. The smallest absolute Gasteiger partial charge is 0.403 e. The van der Waals surface area contributed by atoms with Crippen molar-refractivity contribution in [1.82, 2.24) is 21.0 Å². The van der Waals surface area contributed by atoms with Gasteiger partial charge in [-0.05, 0) is 61.2 Å². The Labute approximate surface area is 360 Å². The molecule has 2 aliphatic rings. The molecule has 3 amide bonds. The molecule has 5 rings (SSSR count). The first-order chi connectivity index (χ1) is 30.0. The molecule has 3 aromatic rings. The zero-order valence-corrected chi connectivity index (χ0v) is 34.5. The van der Waals surface area contributed by atoms with Crippen molar-refractivity contribution >= 4 is 43.2 Å². The fraction of sp³-hybridized carbons (Fsp3) is 0.333. The molecule has 0 fully saturated rings. The van der Waals surface area contributed by atoms with Gasteiger partial charge in [-0.15, -0.1) is 0 Å². The molecule has 20 nitrogen and oxygen atoms in total. The average molecular weight is 895 g/mol. The van der Waals surface area contributed by atoms with Gasteiger partial charge in [-0.25, -0.2) is 9.65 Å². The van der Waals surface area contributed by atoms with Crippen LogP contribution in [-0.2, 0) is 34.8 Å². The minimum atomic E-state index is -4.81. The van der Waals surface area contributed by atoms with E-state index in [1.807, 2.05) is 0 Å². The number of nitrogens with one attached hydrogen (secondary N) is 4. The summed E-state index contributed by atoms with van der Waals surface area (Å²) in [6.45, 7) is -1.07. The lowest BCUT2D eigenvalue weighted by Gasteiger charge is -2.35. The van der Waals surface area contributed by atoms with Gasteiger partial charge in [0.15, 0.2) is 18.8 Å². The van der Waals surface area contributed by atoms with Crippen LogP contribution in [0, 0.1) is 5.92 Å². The van der Waals surface area contributed by atoms with Crippen molar-refractivity contribution in [3.05, 3.63) is 112 Å². The maximum Gasteiger partial charge on any atom is 0.403 e. The summed E-state index contributed by atoms with van der Waals surface area (Å²) in [4.78, 5) is 82.1. The molecule has 63 heavy (non-hydrogen) atoms. The summed E-state index contributed by atoms with van der Waals surface area (Å²) in [5.74, 6) is -4.30. The number of aromatic hydroxyl groups is 1. The third kappa shape index (κ3) is 13.8. The molecule has 21 heteroatoms. The summed E-state index contributed by atoms with van der Waals surface area (Å²) in [6, 6.07) is 13.9. The SMILES string of the molecule is O=C1C=CC2C(=C1)Oc1cc(O)ccc1C2c1ccc(C(=O)NCCCCCC(=O)NCc2ccc(C(=O)N[C@H](O)COP(=O)(O)N[C@@H](CCC(=O)O)C(=O)O)cc2)cc1OCO. The molecule has 3 aromatic carbocycles. The molecular weight excluding hydrogens is 847 g/mol. The van der Waals surface area contributed by atoms with Crippen LogP contribution in [0.3, 0.4) is 0 Å². The number of rotatable bonds is 23. The van der Waals surface area contributed by atoms with Gasteiger partial charge in [-0.2, -0.15) is 0 Å². The van der Waals surface area contributed by atoms with Crippen LogP contribution in [0.4, 0.5) is 0 Å². The summed E-state index contributed by atoms with van der Waals surface area (Å²) in [5.41, 5.74) is 2.41. The van der Waals surface area contributed by atoms with Crippen LogP contribution >= 0.6 is 7.75 Å². The molecule has 10 N–H and O–H groups in total. The first-order valence-corrected chi connectivity index (χ1v) is 21.3. The predicted molar refractivity (Wildman–Crippen MR) is 220 cm³/mol. The highest BCUT2D eigenvalue weighted by Crippen LogP contribution is 2.50. The number of amides is 3. The van der Waals surface area contributed by atoms with Crippen molar-refractivity contribution in [2.75, 3.05) is 19.9 Å². The largest absolute Gasteiger partial charge is 0.508 e. The van der Waals surface area contributed by atoms with Crippen molar-refractivity contribution in [2.24, 2.45) is 5.92 Å². The van der Waals surface area contributed by atoms with Crippen molar-refractivity contribution in [3.8, 4) is 17.2 Å². The number of carbonyl (C=O) groups is 6. The third-order valence-electron chi connectivity index (χ3n) is 9.87. The van der Waals surface area contributed by atoms with Gasteiger partial charge in [-0.1, -0.05) is 36.8 Å². The number of aliphatic hydroxyl groups is 2. The van der Waals surface area contributed by atoms with Gasteiger partial charge in [0.25, 0.3) is 11.8 Å². The molecule has 0 bridgehead atoms. The molecule has 0 saturated heterocycles. The number of hydrogen-bond donors (Lipinski definition) is 10. The number of allylic oxidation sites excluding steroid dienone is 3. The number of carboxylic acid groups (broad SMARTS) is 2. The Balaban J connectivity index is 1.01. The molecule has 1 heterocycles. The number of benzene rings is 3. The van der Waals surface area contributed by atoms with Gasteiger partial charge >= 0.3 is 19.7 Å². The van der Waals surface area contributed by atoms with Gasteiger partial charge in [0.2, 0.25) is 5.91 Å². The third-order valence-corrected chi connectivity index (χ3v) is 11.0. The van der Waals surface area contributed by atoms with E-state index in [0.29, 0.717) is 48.4 Å². The van der Waals surface area contributed by atoms with E-state index in [-0.39, 0.29) is 59.1 Å². The number of carbonyl (C=O) groups excluding carboxylic acids is 4. The summed E-state index contributed by atoms with van der Waals surface area (Å²) in [7, 11) is -4.81. The number of aliphatic carboxylic acids is 2. The van der Waals surface area contributed by atoms with Gasteiger partial charge in [-0.3, -0.25) is 33.3 Å². The molecule has 1 aliphatic carbocycles. The van der Waals surface area contributed by atoms with Crippen LogP contribution in [0.1, 0.15) is 81.8 Å². The number of hydrogen-bond acceptors (Lipinski definition) is 13. The van der Waals surface area contributed by atoms with Crippen LogP contribution in [-0.4, -0.2) is 98.1 Å². The maximum absolute atomic E-state index is 13.1. The Kier molecular flexibility index (Phi) is 16.7. The summed E-state index contributed by atoms with van der Waals surface area (Å²) in [6.07, 6.45) is 3.69. The second kappa shape index (κ2) is 22.1. The topological polar surface area (TPSA) is 317 Å². The van der Waals surface area contributed by atoms with E-state index in [1.54, 1.807) is 41.5 Å². The monoisotopic (exact) mass is 894 g/mol. The standard InChI is InChI=1S/C42H47N4O16P/c47-23-60-33-18-26(9-12-29(33)39-30-13-10-27(48)19-34(30)62-35-20-28(49)11-14-31(35)39)40(54)43-17-3-1-2-4-36(50)44-21-24-5-7-25(8-6-24)41(55)45-37(51)22-61-63(58,59)46-32(42(56)57)15-16-38(52)53/h5-14,18-20,30,32,37,39,47,49,51H,1-4,15-17,21-23H2,(H,43,54)(H,44,50)(H,45,55)(H,52,53)(H,56,57)(H2,46,58,59)/t30?,32-,37+,39?/m0/s1. The molecule has 3 unspecified atom stereocenters. The Morgan fingerprint density at radius 1 is 0.873 bits per heavy atom. The molecule has 5 atom stereocenters. The molecule has 1 aliphatic heterocycles. The zero-order valence-electron chi connectivity index (χ0n) is 33.6. The van der Waals surface area contributed by atoms with E-state index in [9.17, 15) is 53.5 Å². The van der Waals surface area contributed by atoms with E-state index < -0.39 is 70.0 Å². The molecule has 336 valence electrons. The second-order valence-corrected chi connectivity index (χ2v) is 16.0. The van der Waals surface area contributed by atoms with E-state index >= 15 is 0 Å². The number of ketones is 1. The van der Waals surface area contributed by atoms with Gasteiger partial charge < -0.3 is 55.9 Å². The van der Waals surface area contributed by atoms with Crippen LogP contribution in [0.2, 0.25) is 0 Å². The fourth-order valence-electron chi connectivity index (χ4n) is 6.78. The lowest BCUT2D eigenvalue weighted by Crippen LogP contribution is -2.39. The van der Waals surface area contributed by atoms with Crippen molar-refractivity contribution in [3.63, 3.8) is 0 Å². The quantitative estimate of drug-likeness (QED) is 0.0371. The van der Waals surface area contributed by atoms with Crippen LogP contribution in [0.15, 0.2) is 84.7 Å². The lowest BCUT2D eigenvalue weighted by molar-refractivity contribution is -0.140. The van der Waals surface area contributed by atoms with E-state index in [0.717, 1.165) is 5.56 Å². The van der Waals surface area contributed by atoms with E-state index in [1.165, 1.54) is 42.5 Å². The van der Waals surface area contributed by atoms with E-state index in [4.69, 9.17) is 19.7 Å². The number of phenols is 1. The molecule has 0 saturated carbocycles. The number of unbranched alkanes of at least 4 members (excludes halogenated alkanes) is 2. The average Bonchev–Trinajstić information content (AvgIpc) is 3.24. The molecule has 0 spiro atoms. The Morgan fingerprint density at radius 3 is 2.32 bits per heavy atom. The van der Waals surface area contributed by atoms with Gasteiger partial charge in [0, 0.05) is 72.2 Å². The van der Waals surface area contributed by atoms with Crippen molar-refractivity contribution < 1.29 is 77.8 Å². The minimum absolute atomic E-state index is 0.0163. The molecule has 0 aromatic heterocycles. The fourth-order valence-corrected chi connectivity index (χ4v) is 7.83. The highest BCUT2D eigenvalue weighted by atomic mass is 31.2. The summed E-state index contributed by atoms with van der Waals surface area (Å²) >= 11 is 0. The molecule has 0 radical (unpaired) electrons. The van der Waals surface area contributed by atoms with Crippen LogP contribution in [0.25, 0.3) is 0 Å². The predicted octanol–water partition coefficient (Wildman–Crippen LogP) is 2.56. The second-order valence-electron chi connectivity index (χ2n) is 14.5. The van der Waals surface area contributed by atoms with Gasteiger partial charge in [0.1, 0.15) is 35.7 Å². The number of carboxylic acids is 2. The minimum Gasteiger partial charge on any atom is -0.508 e. The lowest BCUT2D eigenvalue weighted by atomic mass is 9.75. The van der Waals surface area contributed by atoms with Crippen LogP contribution in [0.5, 0.6) is 17.2 Å². The normalized spacial score (nSPS) is 17.1. The van der Waals surface area contributed by atoms with Crippen molar-refractivity contribution in [2.45, 2.75) is 63.3 Å². The summed E-state index contributed by atoms with van der Waals surface area (Å²) in [5, 5.41) is 57.3. The van der Waals surface area contributed by atoms with Gasteiger partial charge in [0.05, 0.1) is 0 Å². The first kappa shape index (κ1) is 47.6. The first-order valence-electron chi connectivity index (χ1n) is 19.7. The maximum atomic E-state index is 13.1. The van der Waals surface area contributed by atoms with Crippen molar-refractivity contribution in [1.29, 1.82) is 0 Å². The number of aliphatic hydroxyl groups excluding tert-OH is 2. The number of ether oxygens (including phenoxy) is 2. The van der Waals surface area contributed by atoms with E-state index in [2.05, 4.69) is 20.5 Å². The Hall–Kier alpha value is -6.41. The zero-order chi connectivity index (χ0) is 45.7. The van der Waals surface area contributed by atoms with Crippen LogP contribution < -0.4 is 30.5 Å². The molecular formula is C42H47N4O16P. The summed E-state index contributed by atoms with van der Waals surface area (Å²) < 4.78 is 28.4. The number of phenolic OH excluding ortho intramolecular Hbond substituents is 1. The number of fused-ring (bicyclic) bond motifs is 2. The highest BCUT2D eigenvalue weighted by molar-refractivity contribution is 7.50.